The molecule has 0 aromatic heterocycles. The number of anilines is 1. The highest BCUT2D eigenvalue weighted by Crippen LogP contribution is 2.33. The van der Waals surface area contributed by atoms with Gasteiger partial charge in [-0.05, 0) is 71.5 Å². The molecule has 0 saturated carbocycles. The van der Waals surface area contributed by atoms with Crippen molar-refractivity contribution < 1.29 is 30.8 Å². The molecule has 0 saturated heterocycles. The van der Waals surface area contributed by atoms with E-state index in [-0.39, 0.29) is 30.8 Å². The average molecular weight is 589 g/mol. The van der Waals surface area contributed by atoms with Crippen LogP contribution in [0.1, 0.15) is 33.4 Å². The van der Waals surface area contributed by atoms with Gasteiger partial charge in [0.1, 0.15) is 5.82 Å². The number of alkyl halides is 3. The number of carbonyl (C=O) groups excluding carboxylic acids is 1. The number of hydrogen-bond donors (Lipinski definition) is 1. The number of fused-ring (bicyclic) bond motifs is 1. The Morgan fingerprint density at radius 2 is 1.71 bits per heavy atom. The molecule has 1 N–H and O–H groups in total. The Hall–Kier alpha value is -2.66. The number of hydrogen-bond acceptors (Lipinski definition) is 3. The number of carbonyl (C=O) groups is 1. The molecule has 1 heterocycles. The van der Waals surface area contributed by atoms with Gasteiger partial charge in [-0.25, -0.2) is 12.8 Å². The Morgan fingerprint density at radius 3 is 2.34 bits per heavy atom. The monoisotopic (exact) mass is 588 g/mol. The first kappa shape index (κ1) is 28.4. The summed E-state index contributed by atoms with van der Waals surface area (Å²) in [6.07, 6.45) is -4.83. The van der Waals surface area contributed by atoms with E-state index < -0.39 is 33.5 Å². The molecule has 1 amide bonds. The molecule has 0 aliphatic carbocycles. The summed E-state index contributed by atoms with van der Waals surface area (Å²) >= 11 is 12.0. The van der Waals surface area contributed by atoms with E-state index >= 15 is 0 Å². The van der Waals surface area contributed by atoms with Crippen molar-refractivity contribution in [3.8, 4) is 0 Å². The van der Waals surface area contributed by atoms with Gasteiger partial charge < -0.3 is 5.32 Å². The van der Waals surface area contributed by atoms with Crippen LogP contribution in [0, 0.1) is 12.7 Å². The van der Waals surface area contributed by atoms with Crippen LogP contribution in [0.2, 0.25) is 10.0 Å². The van der Waals surface area contributed by atoms with Crippen LogP contribution in [0.25, 0.3) is 0 Å². The predicted octanol–water partition coefficient (Wildman–Crippen LogP) is 6.53. The van der Waals surface area contributed by atoms with Crippen molar-refractivity contribution in [2.45, 2.75) is 38.2 Å². The maximum atomic E-state index is 13.9. The Bertz CT molecular complexity index is 1490. The Balaban J connectivity index is 1.49. The van der Waals surface area contributed by atoms with E-state index in [1.54, 1.807) is 31.2 Å². The summed E-state index contributed by atoms with van der Waals surface area (Å²) in [5.74, 6) is -2.26. The van der Waals surface area contributed by atoms with E-state index in [2.05, 4.69) is 5.32 Å². The molecule has 202 valence electrons. The molecule has 0 bridgehead atoms. The summed E-state index contributed by atoms with van der Waals surface area (Å²) in [7, 11) is -3.70. The maximum Gasteiger partial charge on any atom is 0.419 e. The van der Waals surface area contributed by atoms with Crippen molar-refractivity contribution in [3.63, 3.8) is 0 Å². The van der Waals surface area contributed by atoms with Gasteiger partial charge in [-0.2, -0.15) is 17.5 Å². The minimum absolute atomic E-state index is 0.0915. The largest absolute Gasteiger partial charge is 0.419 e. The van der Waals surface area contributed by atoms with Gasteiger partial charge in [0.25, 0.3) is 0 Å². The molecular weight excluding hydrogens is 567 g/mol. The minimum atomic E-state index is -4.83. The van der Waals surface area contributed by atoms with Crippen molar-refractivity contribution in [3.05, 3.63) is 97.8 Å². The third-order valence-electron chi connectivity index (χ3n) is 6.21. The van der Waals surface area contributed by atoms with Crippen molar-refractivity contribution in [1.82, 2.24) is 4.31 Å². The lowest BCUT2D eigenvalue weighted by Crippen LogP contribution is -2.37. The lowest BCUT2D eigenvalue weighted by atomic mass is 9.95. The average Bonchev–Trinajstić information content (AvgIpc) is 2.78. The zero-order valence-corrected chi connectivity index (χ0v) is 22.3. The number of amides is 1. The summed E-state index contributed by atoms with van der Waals surface area (Å²) in [6.45, 7) is 2.05. The van der Waals surface area contributed by atoms with Crippen molar-refractivity contribution in [2.75, 3.05) is 11.9 Å². The number of nitrogens with zero attached hydrogens (tertiary/aromatic N) is 1. The van der Waals surface area contributed by atoms with E-state index in [0.29, 0.717) is 45.4 Å². The highest BCUT2D eigenvalue weighted by atomic mass is 35.5. The second-order valence-corrected chi connectivity index (χ2v) is 11.9. The fraction of sp³-hybridized carbons (Fsp3) is 0.269. The van der Waals surface area contributed by atoms with Crippen LogP contribution in [0.3, 0.4) is 0 Å². The molecule has 3 aromatic rings. The quantitative estimate of drug-likeness (QED) is 0.333. The third kappa shape index (κ3) is 6.48. The lowest BCUT2D eigenvalue weighted by molar-refractivity contribution is -0.140. The van der Waals surface area contributed by atoms with Crippen LogP contribution in [-0.2, 0) is 46.1 Å². The molecule has 0 unspecified atom stereocenters. The van der Waals surface area contributed by atoms with Gasteiger partial charge in [0.05, 0.1) is 17.7 Å². The Kier molecular flexibility index (Phi) is 8.09. The molecular formula is C26H22Cl2F4N2O3S. The topological polar surface area (TPSA) is 66.5 Å². The minimum Gasteiger partial charge on any atom is -0.325 e. The van der Waals surface area contributed by atoms with E-state index in [1.165, 1.54) is 10.4 Å². The first-order chi connectivity index (χ1) is 17.7. The summed E-state index contributed by atoms with van der Waals surface area (Å²) in [5, 5.41) is 3.45. The summed E-state index contributed by atoms with van der Waals surface area (Å²) < 4.78 is 79.9. The van der Waals surface area contributed by atoms with Gasteiger partial charge >= 0.3 is 6.18 Å². The fourth-order valence-electron chi connectivity index (χ4n) is 4.42. The van der Waals surface area contributed by atoms with Crippen LogP contribution < -0.4 is 5.32 Å². The first-order valence-electron chi connectivity index (χ1n) is 11.4. The third-order valence-corrected chi connectivity index (χ3v) is 8.44. The molecule has 4 rings (SSSR count). The first-order valence-corrected chi connectivity index (χ1v) is 13.8. The number of sulfonamides is 1. The van der Waals surface area contributed by atoms with Crippen LogP contribution in [-0.4, -0.2) is 25.2 Å². The molecule has 3 aromatic carbocycles. The van der Waals surface area contributed by atoms with Gasteiger partial charge in [0.15, 0.2) is 0 Å². The van der Waals surface area contributed by atoms with E-state index in [4.69, 9.17) is 23.2 Å². The smallest absolute Gasteiger partial charge is 0.325 e. The van der Waals surface area contributed by atoms with Gasteiger partial charge in [-0.15, -0.1) is 0 Å². The van der Waals surface area contributed by atoms with Crippen molar-refractivity contribution in [1.29, 1.82) is 0 Å². The molecule has 0 fully saturated rings. The predicted molar refractivity (Wildman–Crippen MR) is 138 cm³/mol. The van der Waals surface area contributed by atoms with Gasteiger partial charge in [0, 0.05) is 28.8 Å². The van der Waals surface area contributed by atoms with Gasteiger partial charge in [0.2, 0.25) is 15.9 Å². The summed E-state index contributed by atoms with van der Waals surface area (Å²) in [6, 6.07) is 10.5. The van der Waals surface area contributed by atoms with E-state index in [9.17, 15) is 30.8 Å². The van der Waals surface area contributed by atoms with Gasteiger partial charge in [-0.3, -0.25) is 4.79 Å². The zero-order chi connectivity index (χ0) is 27.8. The Morgan fingerprint density at radius 1 is 1.03 bits per heavy atom. The Labute approximate surface area is 227 Å². The molecule has 1 aliphatic rings. The van der Waals surface area contributed by atoms with Crippen molar-refractivity contribution in [2.24, 2.45) is 0 Å². The second kappa shape index (κ2) is 10.8. The lowest BCUT2D eigenvalue weighted by Gasteiger charge is -2.30. The molecule has 0 spiro atoms. The van der Waals surface area contributed by atoms with Crippen LogP contribution in [0.15, 0.2) is 48.5 Å². The van der Waals surface area contributed by atoms with Crippen LogP contribution in [0.5, 0.6) is 0 Å². The maximum absolute atomic E-state index is 13.9. The number of rotatable bonds is 6. The molecule has 0 atom stereocenters. The second-order valence-electron chi connectivity index (χ2n) is 9.05. The van der Waals surface area contributed by atoms with E-state index in [0.717, 1.165) is 17.2 Å². The molecule has 38 heavy (non-hydrogen) atoms. The SMILES string of the molecule is Cc1ccc2c(c1NC(=O)Cc1ccc(C(F)(F)F)c(F)c1)CCN(S(=O)(=O)Cc1cc(Cl)cc(Cl)c1)C2. The molecule has 12 heteroatoms. The van der Waals surface area contributed by atoms with Gasteiger partial charge in [-0.1, -0.05) is 41.4 Å². The number of aryl methyl sites for hydroxylation is 1. The standard InChI is InChI=1S/C26H22Cl2F4N2O3S/c1-15-2-4-18-13-34(38(36,37)14-17-8-19(27)12-20(28)9-17)7-6-21(18)25(15)33-24(35)11-16-3-5-22(23(29)10-16)26(30,31)32/h2-5,8-10,12H,6-7,11,13-14H2,1H3,(H,33,35). The summed E-state index contributed by atoms with van der Waals surface area (Å²) in [5.41, 5.74) is 1.89. The van der Waals surface area contributed by atoms with E-state index in [1.807, 2.05) is 0 Å². The van der Waals surface area contributed by atoms with Crippen molar-refractivity contribution >= 4 is 44.8 Å². The van der Waals surface area contributed by atoms with Crippen LogP contribution >= 0.6 is 23.2 Å². The molecule has 1 aliphatic heterocycles. The molecule has 5 nitrogen and oxygen atoms in total. The van der Waals surface area contributed by atoms with Crippen LogP contribution in [0.4, 0.5) is 23.2 Å². The zero-order valence-electron chi connectivity index (χ0n) is 20.0. The normalized spacial score (nSPS) is 14.3. The summed E-state index contributed by atoms with van der Waals surface area (Å²) in [4.78, 5) is 12.7. The number of nitrogens with one attached hydrogen (secondary N) is 1. The highest BCUT2D eigenvalue weighted by Gasteiger charge is 2.34. The number of benzene rings is 3. The fourth-order valence-corrected chi connectivity index (χ4v) is 6.47. The highest BCUT2D eigenvalue weighted by molar-refractivity contribution is 7.88. The molecule has 0 radical (unpaired) electrons. The number of halogens is 6.